The molecule has 362 valence electrons. The van der Waals surface area contributed by atoms with E-state index in [1.807, 2.05) is 70.7 Å². The van der Waals surface area contributed by atoms with Crippen molar-refractivity contribution in [2.24, 2.45) is 0 Å². The maximum absolute atomic E-state index is 13.1. The summed E-state index contributed by atoms with van der Waals surface area (Å²) in [5.74, 6) is -0.188. The zero-order chi connectivity index (χ0) is 50.8. The van der Waals surface area contributed by atoms with E-state index in [1.165, 1.54) is 0 Å². The summed E-state index contributed by atoms with van der Waals surface area (Å²) in [5, 5.41) is 28.8. The number of carbonyl (C=O) groups excluding carboxylic acids is 2. The highest BCUT2D eigenvalue weighted by Crippen LogP contribution is 2.38. The van der Waals surface area contributed by atoms with Gasteiger partial charge in [0.15, 0.2) is 11.4 Å². The van der Waals surface area contributed by atoms with E-state index in [0.29, 0.717) is 103 Å². The summed E-state index contributed by atoms with van der Waals surface area (Å²) < 4.78 is 16.4. The van der Waals surface area contributed by atoms with Gasteiger partial charge in [-0.25, -0.2) is 9.69 Å². The molecule has 0 saturated carbocycles. The second-order valence-electron chi connectivity index (χ2n) is 18.3. The van der Waals surface area contributed by atoms with Crippen LogP contribution in [0.3, 0.4) is 0 Å². The van der Waals surface area contributed by atoms with E-state index in [9.17, 15) is 14.7 Å². The van der Waals surface area contributed by atoms with Gasteiger partial charge in [-0.1, -0.05) is 71.7 Å². The van der Waals surface area contributed by atoms with Crippen molar-refractivity contribution in [1.82, 2.24) is 29.4 Å². The van der Waals surface area contributed by atoms with Gasteiger partial charge < -0.3 is 40.8 Å². The van der Waals surface area contributed by atoms with E-state index in [2.05, 4.69) is 35.8 Å². The number of nitrogens with two attached hydrogens (primary N) is 2. The number of aliphatic hydroxyl groups excluding tert-OH is 2. The van der Waals surface area contributed by atoms with Crippen LogP contribution in [0, 0.1) is 13.1 Å². The Morgan fingerprint density at radius 1 is 0.714 bits per heavy atom. The minimum Gasteiger partial charge on any atom is -0.398 e. The summed E-state index contributed by atoms with van der Waals surface area (Å²) in [6, 6.07) is 24.7. The second kappa shape index (κ2) is 21.0. The van der Waals surface area contributed by atoms with Crippen molar-refractivity contribution < 1.29 is 29.1 Å². The van der Waals surface area contributed by atoms with Gasteiger partial charge in [-0.3, -0.25) is 19.0 Å². The summed E-state index contributed by atoms with van der Waals surface area (Å²) in [6.07, 6.45) is 0. The minimum absolute atomic E-state index is 0.0277. The number of nitrogens with zero attached hydrogens (tertiary/aromatic N) is 8. The van der Waals surface area contributed by atoms with Crippen molar-refractivity contribution in [2.45, 2.75) is 91.1 Å². The molecule has 0 radical (unpaired) electrons. The van der Waals surface area contributed by atoms with Gasteiger partial charge in [-0.05, 0) is 116 Å². The maximum atomic E-state index is 13.1. The summed E-state index contributed by atoms with van der Waals surface area (Å²) in [6.45, 7) is 27.9. The predicted octanol–water partition coefficient (Wildman–Crippen LogP) is 9.17. The lowest BCUT2D eigenvalue weighted by Gasteiger charge is -2.32. The van der Waals surface area contributed by atoms with Crippen LogP contribution in [0.2, 0.25) is 10.0 Å². The lowest BCUT2D eigenvalue weighted by molar-refractivity contribution is 0.00578. The molecule has 1 saturated heterocycles. The van der Waals surface area contributed by atoms with Gasteiger partial charge in [0.2, 0.25) is 0 Å². The van der Waals surface area contributed by atoms with Crippen molar-refractivity contribution in [3.05, 3.63) is 156 Å². The standard InChI is InChI=1S/C22H20ClN5O2.C21H25BN4O3.C7H7BrClNO/c1-13-10-27(11-14-3-5-17(25-2)6-4-14)22(30)20-9-19(26-28(13)20)21-15(12-29)7-16(23)8-18(21)24;1-14-12-25(13-15-7-9-16(23-6)10-8-15)19(27)17-11-18(24-26(14)17)22-28-20(2,3)21(4,5)29-22;8-7-4(3-11)1-5(9)2-6(7)10/h3-9,13,29H,10-12,24H2,1H3;7-11,14H,12-13H2,1-5H3;1-2,11H,3,10H2/t13-;14-;/m00./s1. The molecule has 70 heavy (non-hydrogen) atoms. The highest BCUT2D eigenvalue weighted by molar-refractivity contribution is 9.10. The molecule has 3 aliphatic rings. The fourth-order valence-electron chi connectivity index (χ4n) is 8.26. The number of halogens is 3. The van der Waals surface area contributed by atoms with Crippen LogP contribution in [0.4, 0.5) is 22.7 Å². The zero-order valence-corrected chi connectivity index (χ0v) is 42.5. The van der Waals surface area contributed by atoms with Crippen LogP contribution in [0.5, 0.6) is 0 Å². The normalized spacial score (nSPS) is 17.6. The monoisotopic (exact) mass is 1050 g/mol. The molecule has 0 spiro atoms. The summed E-state index contributed by atoms with van der Waals surface area (Å²) >= 11 is 15.0. The van der Waals surface area contributed by atoms with E-state index in [1.54, 1.807) is 74.9 Å². The van der Waals surface area contributed by atoms with Crippen LogP contribution in [0.25, 0.3) is 20.9 Å². The van der Waals surface area contributed by atoms with Gasteiger partial charge in [0.05, 0.1) is 60.9 Å². The predicted molar refractivity (Wildman–Crippen MR) is 275 cm³/mol. The first-order valence-corrected chi connectivity index (χ1v) is 23.8. The number of hydrogen-bond acceptors (Lipinski definition) is 10. The Bertz CT molecular complexity index is 3010. The van der Waals surface area contributed by atoms with Crippen molar-refractivity contribution in [3.8, 4) is 11.3 Å². The van der Waals surface area contributed by atoms with E-state index >= 15 is 0 Å². The van der Waals surface area contributed by atoms with E-state index in [0.717, 1.165) is 11.1 Å². The Balaban J connectivity index is 0.000000170. The first-order chi connectivity index (χ1) is 33.2. The zero-order valence-electron chi connectivity index (χ0n) is 39.5. The van der Waals surface area contributed by atoms with Crippen LogP contribution >= 0.6 is 39.1 Å². The molecule has 6 aromatic rings. The molecule has 6 N–H and O–H groups in total. The first kappa shape index (κ1) is 51.6. The SMILES string of the molecule is Nc1cc(Cl)cc(CO)c1Br.[C-]#[N+]c1ccc(CN2C[C@H](C)n3nc(-c4c(N)cc(Cl)cc4CO)cc3C2=O)cc1.[C-]#[N+]c1ccc(CN2C[C@H](C)n3nc(B4OC(C)(C)C(C)(C)O4)cc3C2=O)cc1. The topological polar surface area (TPSA) is 196 Å². The molecule has 9 rings (SSSR count). The molecule has 3 aliphatic heterocycles. The van der Waals surface area contributed by atoms with Crippen molar-refractivity contribution in [1.29, 1.82) is 0 Å². The molecular formula is C50H52BBrCl2N10O6. The van der Waals surface area contributed by atoms with Gasteiger partial charge in [0.25, 0.3) is 11.8 Å². The Labute approximate surface area is 425 Å². The van der Waals surface area contributed by atoms with Crippen molar-refractivity contribution in [2.75, 3.05) is 24.6 Å². The lowest BCUT2D eigenvalue weighted by Crippen LogP contribution is -2.42. The third kappa shape index (κ3) is 10.9. The van der Waals surface area contributed by atoms with Crippen LogP contribution < -0.4 is 17.1 Å². The number of aliphatic hydroxyl groups is 2. The summed E-state index contributed by atoms with van der Waals surface area (Å²) in [5.41, 5.74) is 18.9. The average Bonchev–Trinajstić information content (AvgIpc) is 4.04. The third-order valence-electron chi connectivity index (χ3n) is 12.6. The molecule has 2 aromatic heterocycles. The van der Waals surface area contributed by atoms with E-state index < -0.39 is 18.3 Å². The number of anilines is 2. The minimum atomic E-state index is -0.590. The van der Waals surface area contributed by atoms with Crippen LogP contribution in [0.1, 0.15) is 96.9 Å². The van der Waals surface area contributed by atoms with Gasteiger partial charge in [-0.2, -0.15) is 10.2 Å². The number of nitrogen functional groups attached to an aromatic ring is 2. The Morgan fingerprint density at radius 2 is 1.16 bits per heavy atom. The molecule has 2 atom stereocenters. The average molecular weight is 1050 g/mol. The number of benzene rings is 4. The molecule has 2 amide bonds. The largest absolute Gasteiger partial charge is 0.516 e. The molecular weight excluding hydrogens is 998 g/mol. The van der Waals surface area contributed by atoms with E-state index in [-0.39, 0.29) is 37.1 Å². The van der Waals surface area contributed by atoms with Gasteiger partial charge in [-0.15, -0.1) is 0 Å². The third-order valence-corrected chi connectivity index (χ3v) is 14.0. The Hall–Kier alpha value is -6.22. The fourth-order valence-corrected chi connectivity index (χ4v) is 9.11. The number of aromatic nitrogens is 4. The highest BCUT2D eigenvalue weighted by atomic mass is 79.9. The van der Waals surface area contributed by atoms with Gasteiger partial charge in [0, 0.05) is 57.6 Å². The van der Waals surface area contributed by atoms with Crippen molar-refractivity contribution in [3.63, 3.8) is 0 Å². The molecule has 16 nitrogen and oxygen atoms in total. The van der Waals surface area contributed by atoms with Gasteiger partial charge in [0.1, 0.15) is 11.4 Å². The van der Waals surface area contributed by atoms with Crippen LogP contribution in [-0.4, -0.2) is 82.8 Å². The first-order valence-electron chi connectivity index (χ1n) is 22.3. The maximum Gasteiger partial charge on any atom is 0.516 e. The Morgan fingerprint density at radius 3 is 1.63 bits per heavy atom. The molecule has 0 bridgehead atoms. The summed E-state index contributed by atoms with van der Waals surface area (Å²) in [7, 11) is -0.590. The molecule has 0 aliphatic carbocycles. The quantitative estimate of drug-likeness (QED) is 0.0648. The number of hydrogen-bond donors (Lipinski definition) is 4. The van der Waals surface area contributed by atoms with Gasteiger partial charge >= 0.3 is 7.12 Å². The smallest absolute Gasteiger partial charge is 0.398 e. The number of carbonyl (C=O) groups is 2. The number of amides is 2. The highest BCUT2D eigenvalue weighted by Gasteiger charge is 2.53. The van der Waals surface area contributed by atoms with E-state index in [4.69, 9.17) is 62.2 Å². The second-order valence-corrected chi connectivity index (χ2v) is 20.0. The Kier molecular flexibility index (Phi) is 15.5. The molecule has 4 aromatic carbocycles. The van der Waals surface area contributed by atoms with Crippen LogP contribution in [-0.2, 0) is 35.6 Å². The number of rotatable bonds is 8. The lowest BCUT2D eigenvalue weighted by atomic mass is 9.85. The van der Waals surface area contributed by atoms with Crippen molar-refractivity contribution >= 4 is 86.4 Å². The van der Waals surface area contributed by atoms with Crippen LogP contribution in [0.15, 0.2) is 89.4 Å². The fraction of sp³-hybridized carbons (Fsp3) is 0.320. The molecule has 20 heteroatoms. The number of fused-ring (bicyclic) bond motifs is 2. The summed E-state index contributed by atoms with van der Waals surface area (Å²) in [4.78, 5) is 36.7. The molecule has 0 unspecified atom stereocenters. The molecule has 1 fully saturated rings. The molecule has 5 heterocycles.